The van der Waals surface area contributed by atoms with Crippen LogP contribution in [-0.2, 0) is 12.3 Å². The summed E-state index contributed by atoms with van der Waals surface area (Å²) >= 11 is 0. The molecule has 3 nitrogen and oxygen atoms in total. The quantitative estimate of drug-likeness (QED) is 0.276. The van der Waals surface area contributed by atoms with E-state index in [4.69, 9.17) is 12.3 Å². The van der Waals surface area contributed by atoms with Crippen LogP contribution in [-0.4, -0.2) is 33.8 Å². The largest absolute Gasteiger partial charge is 0.466 e. The van der Waals surface area contributed by atoms with Crippen molar-refractivity contribution in [1.29, 1.82) is 0 Å². The summed E-state index contributed by atoms with van der Waals surface area (Å²) in [7, 11) is -7.91. The molecule has 0 fully saturated rings. The highest BCUT2D eigenvalue weighted by Gasteiger charge is 2.51. The van der Waals surface area contributed by atoms with E-state index in [0.717, 1.165) is 48.4 Å². The molecule has 0 heterocycles. The molecule has 0 aliphatic rings. The first-order chi connectivity index (χ1) is 11.6. The summed E-state index contributed by atoms with van der Waals surface area (Å²) in [4.78, 5) is 0. The predicted octanol–water partition coefficient (Wildman–Crippen LogP) is 7.23. The maximum absolute atomic E-state index is 7.04. The van der Waals surface area contributed by atoms with Gasteiger partial charge in [-0.1, -0.05) is 55.4 Å². The summed E-state index contributed by atoms with van der Waals surface area (Å²) < 4.78 is 21.0. The van der Waals surface area contributed by atoms with Crippen molar-refractivity contribution < 1.29 is 12.3 Å². The summed E-state index contributed by atoms with van der Waals surface area (Å²) in [5.74, 6) is 0. The second-order valence-corrected chi connectivity index (χ2v) is 25.3. The summed E-state index contributed by atoms with van der Waals surface area (Å²) in [5, 5.41) is 0. The molecule has 0 aromatic carbocycles. The van der Waals surface area contributed by atoms with Gasteiger partial charge in [0.1, 0.15) is 0 Å². The van der Waals surface area contributed by atoms with Crippen LogP contribution >= 0.6 is 0 Å². The first-order valence-corrected chi connectivity index (χ1v) is 20.8. The van der Waals surface area contributed by atoms with Gasteiger partial charge in [0, 0.05) is 6.55 Å². The molecular weight excluding hydrogens is 377 g/mol. The fraction of sp³-hybridized carbons (Fsp3) is 1.00. The van der Waals surface area contributed by atoms with Crippen molar-refractivity contribution in [2.75, 3.05) is 0 Å². The summed E-state index contributed by atoms with van der Waals surface area (Å²) in [5.41, 5.74) is 0. The number of rotatable bonds is 14. The summed E-state index contributed by atoms with van der Waals surface area (Å²) in [6, 6.07) is 9.22. The second-order valence-electron chi connectivity index (χ2n) is 7.81. The third-order valence-electron chi connectivity index (χ3n) is 6.60. The molecule has 0 bridgehead atoms. The molecule has 0 saturated carbocycles. The molecule has 0 atom stereocenters. The maximum atomic E-state index is 7.04. The second kappa shape index (κ2) is 10.9. The van der Waals surface area contributed by atoms with Crippen LogP contribution in [0, 0.1) is 0 Å². The first kappa shape index (κ1) is 25.7. The minimum absolute atomic E-state index is 1.14. The average Bonchev–Trinajstić information content (AvgIpc) is 2.64. The van der Waals surface area contributed by atoms with Gasteiger partial charge in [-0.3, -0.25) is 0 Å². The highest BCUT2D eigenvalue weighted by Crippen LogP contribution is 2.35. The molecule has 0 unspecified atom stereocenters. The zero-order valence-corrected chi connectivity index (χ0v) is 22.9. The smallest absolute Gasteiger partial charge is 0.416 e. The summed E-state index contributed by atoms with van der Waals surface area (Å²) in [6.07, 6.45) is 0. The third-order valence-corrected chi connectivity index (χ3v) is 27.2. The van der Waals surface area contributed by atoms with E-state index in [-0.39, 0.29) is 0 Å². The minimum Gasteiger partial charge on any atom is -0.416 e. The van der Waals surface area contributed by atoms with Gasteiger partial charge in [0.2, 0.25) is 0 Å². The average molecular weight is 423 g/mol. The third kappa shape index (κ3) is 7.01. The highest BCUT2D eigenvalue weighted by molar-refractivity contribution is 6.91. The normalized spacial score (nSPS) is 14.2. The van der Waals surface area contributed by atoms with Crippen LogP contribution in [0.3, 0.4) is 0 Å². The lowest BCUT2D eigenvalue weighted by atomic mass is 10.9. The Morgan fingerprint density at radius 1 is 0.440 bits per heavy atom. The molecule has 0 spiro atoms. The lowest BCUT2D eigenvalue weighted by Crippen LogP contribution is -2.62. The van der Waals surface area contributed by atoms with Gasteiger partial charge in [-0.05, 0) is 54.9 Å². The predicted molar refractivity (Wildman–Crippen MR) is 122 cm³/mol. The van der Waals surface area contributed by atoms with Gasteiger partial charge in [-0.25, -0.2) is 0 Å². The zero-order valence-electron chi connectivity index (χ0n) is 18.9. The van der Waals surface area contributed by atoms with Gasteiger partial charge in [0.15, 0.2) is 25.0 Å². The monoisotopic (exact) mass is 422 g/mol. The lowest BCUT2D eigenvalue weighted by molar-refractivity contribution is 0.251. The number of hydrogen-bond donors (Lipinski definition) is 0. The van der Waals surface area contributed by atoms with E-state index >= 15 is 0 Å². The van der Waals surface area contributed by atoms with Gasteiger partial charge in [0.05, 0.1) is 0 Å². The molecule has 0 aromatic heterocycles. The van der Waals surface area contributed by atoms with E-state index < -0.39 is 33.8 Å². The van der Waals surface area contributed by atoms with Gasteiger partial charge in [0.25, 0.3) is 0 Å². The molecular formula is C18H46O3Si4. The Morgan fingerprint density at radius 3 is 0.920 bits per heavy atom. The molecule has 0 radical (unpaired) electrons. The Bertz CT molecular complexity index is 329. The van der Waals surface area contributed by atoms with Crippen LogP contribution < -0.4 is 0 Å². The molecule has 0 aliphatic heterocycles. The van der Waals surface area contributed by atoms with Crippen LogP contribution in [0.25, 0.3) is 0 Å². The van der Waals surface area contributed by atoms with E-state index in [1.807, 2.05) is 0 Å². The molecule has 0 rings (SSSR count). The van der Waals surface area contributed by atoms with Gasteiger partial charge < -0.3 is 12.3 Å². The van der Waals surface area contributed by atoms with Crippen molar-refractivity contribution in [3.8, 4) is 0 Å². The van der Waals surface area contributed by atoms with E-state index in [0.29, 0.717) is 0 Å². The molecule has 0 amide bonds. The van der Waals surface area contributed by atoms with Crippen LogP contribution in [0.15, 0.2) is 0 Å². The van der Waals surface area contributed by atoms with Crippen molar-refractivity contribution in [1.82, 2.24) is 0 Å². The van der Waals surface area contributed by atoms with Crippen LogP contribution in [0.1, 0.15) is 55.4 Å². The molecule has 0 aliphatic carbocycles. The van der Waals surface area contributed by atoms with Crippen molar-refractivity contribution in [3.05, 3.63) is 0 Å². The Labute approximate surface area is 163 Å². The maximum Gasteiger partial charge on any atom is 0.466 e. The van der Waals surface area contributed by atoms with Crippen LogP contribution in [0.2, 0.25) is 61.4 Å². The molecule has 0 saturated heterocycles. The van der Waals surface area contributed by atoms with Gasteiger partial charge >= 0.3 is 8.80 Å². The van der Waals surface area contributed by atoms with E-state index in [1.165, 1.54) is 0 Å². The Kier molecular flexibility index (Phi) is 11.2. The summed E-state index contributed by atoms with van der Waals surface area (Å²) in [6.45, 7) is 23.0. The minimum atomic E-state index is -2.64. The standard InChI is InChI=1S/C18H46O3Si4/c1-11-22(9,12-2)19-23(10,20-24(13-3,14-4)15-5)21-25(16-6,17-7)18-8/h11-18H2,1-10H3. The van der Waals surface area contributed by atoms with E-state index in [2.05, 4.69) is 68.5 Å². The number of hydrogen-bond acceptors (Lipinski definition) is 3. The fourth-order valence-electron chi connectivity index (χ4n) is 3.62. The zero-order chi connectivity index (χ0) is 19.8. The van der Waals surface area contributed by atoms with Crippen LogP contribution in [0.4, 0.5) is 0 Å². The molecule has 7 heteroatoms. The lowest BCUT2D eigenvalue weighted by Gasteiger charge is -2.46. The molecule has 0 N–H and O–H groups in total. The van der Waals surface area contributed by atoms with Gasteiger partial charge in [-0.15, -0.1) is 0 Å². The van der Waals surface area contributed by atoms with Crippen molar-refractivity contribution >= 4 is 33.8 Å². The van der Waals surface area contributed by atoms with Crippen molar-refractivity contribution in [2.24, 2.45) is 0 Å². The highest BCUT2D eigenvalue weighted by atomic mass is 28.5. The van der Waals surface area contributed by atoms with E-state index in [9.17, 15) is 0 Å². The van der Waals surface area contributed by atoms with Crippen molar-refractivity contribution in [2.45, 2.75) is 117 Å². The molecule has 0 aromatic rings. The SMILES string of the molecule is CC[Si](C)(CC)O[Si](C)(O[Si](CC)(CC)CC)O[Si](CC)(CC)CC. The van der Waals surface area contributed by atoms with Crippen molar-refractivity contribution in [3.63, 3.8) is 0 Å². The Hall–Kier alpha value is 0.748. The Morgan fingerprint density at radius 2 is 0.720 bits per heavy atom. The molecule has 152 valence electrons. The first-order valence-electron chi connectivity index (χ1n) is 10.7. The topological polar surface area (TPSA) is 27.7 Å². The molecule has 25 heavy (non-hydrogen) atoms. The Balaban J connectivity index is 5.86. The van der Waals surface area contributed by atoms with Gasteiger partial charge in [-0.2, -0.15) is 0 Å². The van der Waals surface area contributed by atoms with Crippen LogP contribution in [0.5, 0.6) is 0 Å². The van der Waals surface area contributed by atoms with E-state index in [1.54, 1.807) is 0 Å². The fourth-order valence-corrected chi connectivity index (χ4v) is 23.2.